The van der Waals surface area contributed by atoms with Crippen LogP contribution in [-0.2, 0) is 11.8 Å². The zero-order chi connectivity index (χ0) is 24.4. The topological polar surface area (TPSA) is 17.8 Å². The summed E-state index contributed by atoms with van der Waals surface area (Å²) < 4.78 is 2.44. The Kier molecular flexibility index (Phi) is 4.50. The van der Waals surface area contributed by atoms with Gasteiger partial charge in [0.15, 0.2) is 0 Å². The summed E-state index contributed by atoms with van der Waals surface area (Å²) >= 11 is 0. The summed E-state index contributed by atoms with van der Waals surface area (Å²) in [6, 6.07) is 35.6. The first-order valence-electron chi connectivity index (χ1n) is 12.8. The zero-order valence-corrected chi connectivity index (χ0v) is 20.9. The maximum Gasteiger partial charge on any atom is 0.0705 e. The van der Waals surface area contributed by atoms with Gasteiger partial charge in [0.25, 0.3) is 0 Å². The van der Waals surface area contributed by atoms with Crippen LogP contribution in [0.2, 0.25) is 0 Å². The molecule has 7 rings (SSSR count). The van der Waals surface area contributed by atoms with Gasteiger partial charge in [-0.25, -0.2) is 0 Å². The van der Waals surface area contributed by atoms with Crippen molar-refractivity contribution in [2.45, 2.75) is 32.6 Å². The number of hydrogen-bond acceptors (Lipinski definition) is 1. The second-order valence-corrected chi connectivity index (χ2v) is 10.3. The molecule has 4 aromatic carbocycles. The van der Waals surface area contributed by atoms with Crippen molar-refractivity contribution in [3.8, 4) is 28.1 Å². The third-order valence-corrected chi connectivity index (χ3v) is 8.05. The minimum Gasteiger partial charge on any atom is -0.309 e. The molecule has 1 aliphatic carbocycles. The van der Waals surface area contributed by atoms with Crippen molar-refractivity contribution in [2.75, 3.05) is 0 Å². The summed E-state index contributed by atoms with van der Waals surface area (Å²) in [4.78, 5) is 4.68. The van der Waals surface area contributed by atoms with E-state index in [9.17, 15) is 0 Å². The molecule has 0 unspecified atom stereocenters. The molecule has 2 aromatic heterocycles. The third kappa shape index (κ3) is 2.88. The van der Waals surface area contributed by atoms with Gasteiger partial charge in [0.05, 0.1) is 16.7 Å². The lowest BCUT2D eigenvalue weighted by Crippen LogP contribution is -2.15. The Morgan fingerprint density at radius 1 is 0.667 bits per heavy atom. The summed E-state index contributed by atoms with van der Waals surface area (Å²) in [5.74, 6) is 0. The van der Waals surface area contributed by atoms with Gasteiger partial charge in [-0.15, -0.1) is 0 Å². The molecule has 0 radical (unpaired) electrons. The Labute approximate surface area is 211 Å². The van der Waals surface area contributed by atoms with Gasteiger partial charge in [-0.05, 0) is 76.7 Å². The average Bonchev–Trinajstić information content (AvgIpc) is 3.37. The molecule has 36 heavy (non-hydrogen) atoms. The molecule has 0 spiro atoms. The normalized spacial score (nSPS) is 13.8. The lowest BCUT2D eigenvalue weighted by molar-refractivity contribution is 0.661. The highest BCUT2D eigenvalue weighted by Gasteiger charge is 2.36. The van der Waals surface area contributed by atoms with Crippen molar-refractivity contribution in [3.05, 3.63) is 120 Å². The highest BCUT2D eigenvalue weighted by molar-refractivity contribution is 6.11. The van der Waals surface area contributed by atoms with Gasteiger partial charge in [-0.2, -0.15) is 0 Å². The standard InChI is InChI=1S/C34H28N2/c1-4-22-16-17-23(19-26(22)31-14-9-10-18-35-31)36-32-15-8-6-12-25(32)28-20-27-24-11-5-7-13-29(24)34(2,3)30(27)21-33(28)36/h5-21H,4H2,1-3H3. The molecule has 1 aliphatic rings. The van der Waals surface area contributed by atoms with Crippen molar-refractivity contribution in [3.63, 3.8) is 0 Å². The fourth-order valence-corrected chi connectivity index (χ4v) is 6.21. The maximum atomic E-state index is 4.68. The maximum absolute atomic E-state index is 4.68. The van der Waals surface area contributed by atoms with Gasteiger partial charge >= 0.3 is 0 Å². The number of aromatic nitrogens is 2. The molecule has 0 saturated heterocycles. The summed E-state index contributed by atoms with van der Waals surface area (Å²) in [6.45, 7) is 6.92. The van der Waals surface area contributed by atoms with E-state index in [1.165, 1.54) is 60.9 Å². The van der Waals surface area contributed by atoms with Gasteiger partial charge < -0.3 is 4.57 Å². The SMILES string of the molecule is CCc1ccc(-n2c3ccccc3c3cc4c(cc32)C(C)(C)c2ccccc2-4)cc1-c1ccccn1. The molecule has 2 heteroatoms. The summed E-state index contributed by atoms with van der Waals surface area (Å²) in [5, 5.41) is 2.59. The van der Waals surface area contributed by atoms with Crippen molar-refractivity contribution in [1.29, 1.82) is 0 Å². The summed E-state index contributed by atoms with van der Waals surface area (Å²) in [7, 11) is 0. The molecule has 6 aromatic rings. The van der Waals surface area contributed by atoms with Crippen LogP contribution in [0.5, 0.6) is 0 Å². The van der Waals surface area contributed by atoms with Crippen molar-refractivity contribution in [1.82, 2.24) is 9.55 Å². The quantitative estimate of drug-likeness (QED) is 0.256. The molecule has 2 heterocycles. The van der Waals surface area contributed by atoms with E-state index in [1.807, 2.05) is 12.3 Å². The van der Waals surface area contributed by atoms with E-state index in [0.29, 0.717) is 0 Å². The smallest absolute Gasteiger partial charge is 0.0705 e. The van der Waals surface area contributed by atoms with E-state index in [2.05, 4.69) is 121 Å². The van der Waals surface area contributed by atoms with Crippen molar-refractivity contribution in [2.24, 2.45) is 0 Å². The van der Waals surface area contributed by atoms with Crippen LogP contribution < -0.4 is 0 Å². The molecule has 0 N–H and O–H groups in total. The molecule has 2 nitrogen and oxygen atoms in total. The van der Waals surface area contributed by atoms with Crippen LogP contribution in [0.4, 0.5) is 0 Å². The fraction of sp³-hybridized carbons (Fsp3) is 0.147. The number of aryl methyl sites for hydroxylation is 1. The lowest BCUT2D eigenvalue weighted by atomic mass is 9.82. The molecule has 0 saturated carbocycles. The average molecular weight is 465 g/mol. The van der Waals surface area contributed by atoms with Crippen LogP contribution >= 0.6 is 0 Å². The van der Waals surface area contributed by atoms with E-state index in [4.69, 9.17) is 0 Å². The number of para-hydroxylation sites is 1. The monoisotopic (exact) mass is 464 g/mol. The first kappa shape index (κ1) is 21.1. The Hall–Kier alpha value is -4.17. The second kappa shape index (κ2) is 7.66. The Balaban J connectivity index is 1.55. The highest BCUT2D eigenvalue weighted by Crippen LogP contribution is 2.50. The number of pyridine rings is 1. The van der Waals surface area contributed by atoms with Crippen LogP contribution in [0.25, 0.3) is 49.9 Å². The number of fused-ring (bicyclic) bond motifs is 6. The van der Waals surface area contributed by atoms with Gasteiger partial charge in [0.2, 0.25) is 0 Å². The second-order valence-electron chi connectivity index (χ2n) is 10.3. The van der Waals surface area contributed by atoms with E-state index in [-0.39, 0.29) is 5.41 Å². The predicted octanol–water partition coefficient (Wildman–Crippen LogP) is 8.71. The summed E-state index contributed by atoms with van der Waals surface area (Å²) in [6.07, 6.45) is 2.85. The van der Waals surface area contributed by atoms with Gasteiger partial charge in [-0.3, -0.25) is 4.98 Å². The zero-order valence-electron chi connectivity index (χ0n) is 20.9. The van der Waals surface area contributed by atoms with E-state index in [0.717, 1.165) is 12.1 Å². The van der Waals surface area contributed by atoms with E-state index in [1.54, 1.807) is 0 Å². The molecule has 174 valence electrons. The molecule has 0 bridgehead atoms. The number of benzene rings is 4. The number of nitrogens with zero attached hydrogens (tertiary/aromatic N) is 2. The van der Waals surface area contributed by atoms with Gasteiger partial charge in [0, 0.05) is 33.6 Å². The van der Waals surface area contributed by atoms with Crippen molar-refractivity contribution < 1.29 is 0 Å². The summed E-state index contributed by atoms with van der Waals surface area (Å²) in [5.41, 5.74) is 12.7. The third-order valence-electron chi connectivity index (χ3n) is 8.05. The predicted molar refractivity (Wildman–Crippen MR) is 151 cm³/mol. The molecule has 0 fully saturated rings. The first-order valence-corrected chi connectivity index (χ1v) is 12.8. The molecule has 0 amide bonds. The first-order chi connectivity index (χ1) is 17.6. The van der Waals surface area contributed by atoms with Crippen LogP contribution in [0.1, 0.15) is 37.5 Å². The molecular weight excluding hydrogens is 436 g/mol. The van der Waals surface area contributed by atoms with Gasteiger partial charge in [-0.1, -0.05) is 75.4 Å². The van der Waals surface area contributed by atoms with Crippen LogP contribution in [0.3, 0.4) is 0 Å². The molecule has 0 aliphatic heterocycles. The minimum atomic E-state index is -0.0351. The highest BCUT2D eigenvalue weighted by atomic mass is 15.0. The van der Waals surface area contributed by atoms with E-state index >= 15 is 0 Å². The van der Waals surface area contributed by atoms with Crippen molar-refractivity contribution >= 4 is 21.8 Å². The Morgan fingerprint density at radius 3 is 2.31 bits per heavy atom. The van der Waals surface area contributed by atoms with E-state index < -0.39 is 0 Å². The number of hydrogen-bond donors (Lipinski definition) is 0. The lowest BCUT2D eigenvalue weighted by Gasteiger charge is -2.21. The molecule has 0 atom stereocenters. The minimum absolute atomic E-state index is 0.0351. The number of rotatable bonds is 3. The van der Waals surface area contributed by atoms with Gasteiger partial charge in [0.1, 0.15) is 0 Å². The molecular formula is C34H28N2. The largest absolute Gasteiger partial charge is 0.309 e. The van der Waals surface area contributed by atoms with Crippen LogP contribution in [0.15, 0.2) is 103 Å². The van der Waals surface area contributed by atoms with Crippen LogP contribution in [-0.4, -0.2) is 9.55 Å². The fourth-order valence-electron chi connectivity index (χ4n) is 6.21. The Morgan fingerprint density at radius 2 is 1.47 bits per heavy atom. The van der Waals surface area contributed by atoms with Crippen LogP contribution in [0, 0.1) is 0 Å². The Bertz CT molecular complexity index is 1790.